The second-order valence-corrected chi connectivity index (χ2v) is 8.14. The molecule has 0 amide bonds. The molecule has 0 spiro atoms. The number of hydrogen-bond donors (Lipinski definition) is 0. The number of fused-ring (bicyclic) bond motifs is 2. The number of ketones is 1. The van der Waals surface area contributed by atoms with E-state index in [1.54, 1.807) is 0 Å². The smallest absolute Gasteiger partial charge is 0.313 e. The van der Waals surface area contributed by atoms with E-state index >= 15 is 0 Å². The number of ether oxygens (including phenoxy) is 1. The van der Waals surface area contributed by atoms with Crippen molar-refractivity contribution in [1.29, 1.82) is 0 Å². The fourth-order valence-corrected chi connectivity index (χ4v) is 4.66. The maximum absolute atomic E-state index is 13.1. The number of Topliss-reactive ketones (excluding diaryl/α,β-unsaturated/α-hetero) is 1. The van der Waals surface area contributed by atoms with E-state index in [0.717, 1.165) is 24.0 Å². The molecule has 3 nitrogen and oxygen atoms in total. The zero-order chi connectivity index (χ0) is 18.2. The molecule has 3 rings (SSSR count). The first kappa shape index (κ1) is 17.9. The zero-order valence-corrected chi connectivity index (χ0v) is 15.7. The second kappa shape index (κ2) is 6.44. The number of hydrogen-bond acceptors (Lipinski definition) is 3. The molecule has 25 heavy (non-hydrogen) atoms. The normalized spacial score (nSPS) is 29.8. The predicted molar refractivity (Wildman–Crippen MR) is 98.0 cm³/mol. The highest BCUT2D eigenvalue weighted by molar-refractivity contribution is 6.05. The Morgan fingerprint density at radius 2 is 1.96 bits per heavy atom. The zero-order valence-electron chi connectivity index (χ0n) is 15.7. The monoisotopic (exact) mass is 340 g/mol. The van der Waals surface area contributed by atoms with Gasteiger partial charge in [-0.05, 0) is 48.7 Å². The van der Waals surface area contributed by atoms with Crippen LogP contribution in [-0.4, -0.2) is 18.4 Å². The van der Waals surface area contributed by atoms with Gasteiger partial charge < -0.3 is 4.74 Å². The van der Waals surface area contributed by atoms with Crippen molar-refractivity contribution in [3.05, 3.63) is 47.5 Å². The summed E-state index contributed by atoms with van der Waals surface area (Å²) in [5.41, 5.74) is 1.60. The molecule has 2 aliphatic rings. The molecule has 1 aromatic carbocycles. The molecule has 3 heteroatoms. The summed E-state index contributed by atoms with van der Waals surface area (Å²) in [7, 11) is 0. The van der Waals surface area contributed by atoms with Crippen LogP contribution in [0.5, 0.6) is 0 Å². The molecule has 0 heterocycles. The van der Waals surface area contributed by atoms with Crippen LogP contribution in [0.3, 0.4) is 0 Å². The van der Waals surface area contributed by atoms with E-state index < -0.39 is 5.92 Å². The third-order valence-corrected chi connectivity index (χ3v) is 6.63. The standard InChI is InChI=1S/C22H28O3/c1-5-25-20(24)16(13-15-9-7-6-8-10-15)14-17-18-11-12-22(4,19(17)23)21(18,2)3/h6-10,14,16,18H,5,11-13H2,1-4H3/b17-14-/t16-,18+,22+/m1/s1. The Kier molecular flexibility index (Phi) is 4.61. The minimum Gasteiger partial charge on any atom is -0.466 e. The summed E-state index contributed by atoms with van der Waals surface area (Å²) < 4.78 is 5.28. The van der Waals surface area contributed by atoms with Gasteiger partial charge in [-0.15, -0.1) is 0 Å². The summed E-state index contributed by atoms with van der Waals surface area (Å²) in [6.45, 7) is 8.65. The van der Waals surface area contributed by atoms with Gasteiger partial charge in [0.1, 0.15) is 0 Å². The van der Waals surface area contributed by atoms with Gasteiger partial charge in [-0.1, -0.05) is 57.2 Å². The van der Waals surface area contributed by atoms with Crippen molar-refractivity contribution in [2.24, 2.45) is 22.7 Å². The lowest BCUT2D eigenvalue weighted by molar-refractivity contribution is -0.146. The summed E-state index contributed by atoms with van der Waals surface area (Å²) in [5, 5.41) is 0. The summed E-state index contributed by atoms with van der Waals surface area (Å²) in [5.74, 6) is -0.161. The highest BCUT2D eigenvalue weighted by atomic mass is 16.5. The number of benzene rings is 1. The Hall–Kier alpha value is -1.90. The van der Waals surface area contributed by atoms with E-state index in [-0.39, 0.29) is 28.5 Å². The summed E-state index contributed by atoms with van der Waals surface area (Å²) in [6, 6.07) is 9.93. The van der Waals surface area contributed by atoms with Gasteiger partial charge in [0.2, 0.25) is 0 Å². The largest absolute Gasteiger partial charge is 0.466 e. The molecule has 2 bridgehead atoms. The topological polar surface area (TPSA) is 43.4 Å². The third kappa shape index (κ3) is 2.84. The highest BCUT2D eigenvalue weighted by Gasteiger charge is 2.63. The molecule has 2 saturated carbocycles. The Balaban J connectivity index is 1.93. The van der Waals surface area contributed by atoms with Crippen molar-refractivity contribution in [3.8, 4) is 0 Å². The van der Waals surface area contributed by atoms with Crippen LogP contribution in [0.15, 0.2) is 42.0 Å². The molecule has 1 aromatic rings. The molecule has 2 aliphatic carbocycles. The van der Waals surface area contributed by atoms with Gasteiger partial charge in [-0.2, -0.15) is 0 Å². The Morgan fingerprint density at radius 3 is 2.52 bits per heavy atom. The molecule has 3 atom stereocenters. The first-order chi connectivity index (χ1) is 11.8. The Morgan fingerprint density at radius 1 is 1.28 bits per heavy atom. The minimum atomic E-state index is -0.403. The molecule has 0 aliphatic heterocycles. The van der Waals surface area contributed by atoms with Gasteiger partial charge in [0, 0.05) is 5.41 Å². The maximum atomic E-state index is 13.1. The van der Waals surface area contributed by atoms with Crippen LogP contribution < -0.4 is 0 Å². The highest BCUT2D eigenvalue weighted by Crippen LogP contribution is 2.65. The van der Waals surface area contributed by atoms with E-state index in [0.29, 0.717) is 13.0 Å². The van der Waals surface area contributed by atoms with Crippen LogP contribution in [0, 0.1) is 22.7 Å². The third-order valence-electron chi connectivity index (χ3n) is 6.63. The van der Waals surface area contributed by atoms with Crippen LogP contribution >= 0.6 is 0 Å². The second-order valence-electron chi connectivity index (χ2n) is 8.14. The molecule has 0 unspecified atom stereocenters. The van der Waals surface area contributed by atoms with Crippen LogP contribution in [0.25, 0.3) is 0 Å². The van der Waals surface area contributed by atoms with E-state index in [1.165, 1.54) is 0 Å². The van der Waals surface area contributed by atoms with Crippen molar-refractivity contribution in [3.63, 3.8) is 0 Å². The number of allylic oxidation sites excluding steroid dienone is 1. The summed E-state index contributed by atoms with van der Waals surface area (Å²) in [6.07, 6.45) is 4.47. The van der Waals surface area contributed by atoms with Crippen molar-refractivity contribution in [1.82, 2.24) is 0 Å². The molecule has 134 valence electrons. The van der Waals surface area contributed by atoms with Gasteiger partial charge in [0.15, 0.2) is 5.78 Å². The summed E-state index contributed by atoms with van der Waals surface area (Å²) in [4.78, 5) is 25.6. The molecular formula is C22H28O3. The first-order valence-corrected chi connectivity index (χ1v) is 9.28. The quantitative estimate of drug-likeness (QED) is 0.591. The number of carbonyl (C=O) groups is 2. The fourth-order valence-electron chi connectivity index (χ4n) is 4.66. The van der Waals surface area contributed by atoms with E-state index in [4.69, 9.17) is 4.74 Å². The average molecular weight is 340 g/mol. The molecule has 0 N–H and O–H groups in total. The lowest BCUT2D eigenvalue weighted by atomic mass is 9.70. The fraction of sp³-hybridized carbons (Fsp3) is 0.545. The first-order valence-electron chi connectivity index (χ1n) is 9.28. The van der Waals surface area contributed by atoms with Crippen molar-refractivity contribution >= 4 is 11.8 Å². The number of rotatable bonds is 5. The van der Waals surface area contributed by atoms with Crippen molar-refractivity contribution in [2.45, 2.75) is 47.0 Å². The van der Waals surface area contributed by atoms with E-state index in [9.17, 15) is 9.59 Å². The van der Waals surface area contributed by atoms with Crippen LogP contribution in [0.2, 0.25) is 0 Å². The SMILES string of the molecule is CCOC(=O)[C@@H](/C=C1\C(=O)[C@]2(C)CC[C@@H]1C2(C)C)Cc1ccccc1. The molecule has 0 saturated heterocycles. The Labute approximate surface area is 150 Å². The molecular weight excluding hydrogens is 312 g/mol. The van der Waals surface area contributed by atoms with Crippen LogP contribution in [0.1, 0.15) is 46.1 Å². The van der Waals surface area contributed by atoms with Gasteiger partial charge in [-0.25, -0.2) is 0 Å². The van der Waals surface area contributed by atoms with Crippen LogP contribution in [0.4, 0.5) is 0 Å². The van der Waals surface area contributed by atoms with Gasteiger partial charge in [0.25, 0.3) is 0 Å². The van der Waals surface area contributed by atoms with Gasteiger partial charge >= 0.3 is 5.97 Å². The average Bonchev–Trinajstić information content (AvgIpc) is 2.89. The van der Waals surface area contributed by atoms with Crippen LogP contribution in [-0.2, 0) is 20.7 Å². The lowest BCUT2D eigenvalue weighted by Crippen LogP contribution is -2.32. The lowest BCUT2D eigenvalue weighted by Gasteiger charge is -2.31. The van der Waals surface area contributed by atoms with Gasteiger partial charge in [0.05, 0.1) is 12.5 Å². The van der Waals surface area contributed by atoms with E-state index in [1.807, 2.05) is 43.3 Å². The minimum absolute atomic E-state index is 0.0398. The number of carbonyl (C=O) groups excluding carboxylic acids is 2. The van der Waals surface area contributed by atoms with Crippen molar-refractivity contribution < 1.29 is 14.3 Å². The molecule has 2 fully saturated rings. The predicted octanol–water partition coefficient (Wildman–Crippen LogP) is 4.36. The Bertz CT molecular complexity index is 701. The molecule has 0 aromatic heterocycles. The van der Waals surface area contributed by atoms with E-state index in [2.05, 4.69) is 20.8 Å². The van der Waals surface area contributed by atoms with Crippen molar-refractivity contribution in [2.75, 3.05) is 6.61 Å². The summed E-state index contributed by atoms with van der Waals surface area (Å²) >= 11 is 0. The van der Waals surface area contributed by atoms with Gasteiger partial charge in [-0.3, -0.25) is 9.59 Å². The maximum Gasteiger partial charge on any atom is 0.313 e. The number of esters is 1. The molecule has 0 radical (unpaired) electrons.